The predicted molar refractivity (Wildman–Crippen MR) is 137 cm³/mol. The van der Waals surface area contributed by atoms with Crippen molar-refractivity contribution in [2.45, 2.75) is 24.2 Å². The highest BCUT2D eigenvalue weighted by Gasteiger charge is 2.34. The number of Topliss-reactive ketones (excluding diaryl/α,β-unsaturated/α-hetero) is 1. The molecule has 1 fully saturated rings. The number of nitrogens with zero attached hydrogens (tertiary/aromatic N) is 2. The molecule has 2 aromatic carbocycles. The van der Waals surface area contributed by atoms with Gasteiger partial charge in [-0.05, 0) is 66.6 Å². The van der Waals surface area contributed by atoms with Gasteiger partial charge < -0.3 is 9.84 Å². The number of hydrogen-bond donors (Lipinski definition) is 1. The second-order valence-electron chi connectivity index (χ2n) is 9.14. The van der Waals surface area contributed by atoms with E-state index in [1.807, 2.05) is 4.90 Å². The van der Waals surface area contributed by atoms with Gasteiger partial charge in [0, 0.05) is 24.4 Å². The van der Waals surface area contributed by atoms with Crippen LogP contribution in [0.25, 0.3) is 10.9 Å². The van der Waals surface area contributed by atoms with E-state index in [1.165, 1.54) is 7.11 Å². The average molecular weight is 561 g/mol. The molecule has 6 nitrogen and oxygen atoms in total. The molecule has 2 atom stereocenters. The lowest BCUT2D eigenvalue weighted by Gasteiger charge is -2.35. The van der Waals surface area contributed by atoms with E-state index in [9.17, 15) is 32.3 Å². The summed E-state index contributed by atoms with van der Waals surface area (Å²) in [5.41, 5.74) is 0.354. The lowest BCUT2D eigenvalue weighted by molar-refractivity contribution is -0.146. The summed E-state index contributed by atoms with van der Waals surface area (Å²) in [6.07, 6.45) is 1.71. The number of piperidine rings is 1. The first-order valence-electron chi connectivity index (χ1n) is 12.1. The van der Waals surface area contributed by atoms with Crippen LogP contribution >= 0.6 is 11.8 Å². The van der Waals surface area contributed by atoms with Crippen molar-refractivity contribution < 1.29 is 37.0 Å². The first kappa shape index (κ1) is 28.4. The Kier molecular flexibility index (Phi) is 9.09. The standard InChI is InChI=1S/C28H24F4N2O4S/c1-38-18-4-5-23-19(13-18)26(22(31)14-33-23)24(35)6-3-16-7-9-34(15-20(16)28(36)37)8-2-10-39-25-12-17(29)11-21(30)27(25)32/h4-5,11-14,16,20H,3,6-9,15H2,1H3,(H,36,37)/t16-,20+/m1/s1. The summed E-state index contributed by atoms with van der Waals surface area (Å²) in [7, 11) is 1.46. The van der Waals surface area contributed by atoms with Gasteiger partial charge in [0.2, 0.25) is 0 Å². The number of hydrogen-bond acceptors (Lipinski definition) is 6. The zero-order chi connectivity index (χ0) is 28.1. The molecule has 0 radical (unpaired) electrons. The highest BCUT2D eigenvalue weighted by Crippen LogP contribution is 2.31. The van der Waals surface area contributed by atoms with E-state index >= 15 is 0 Å². The van der Waals surface area contributed by atoms with Crippen molar-refractivity contribution in [2.75, 3.05) is 26.7 Å². The zero-order valence-electron chi connectivity index (χ0n) is 20.8. The van der Waals surface area contributed by atoms with E-state index in [0.29, 0.717) is 47.4 Å². The van der Waals surface area contributed by atoms with Crippen molar-refractivity contribution in [1.82, 2.24) is 9.88 Å². The van der Waals surface area contributed by atoms with Gasteiger partial charge in [-0.25, -0.2) is 17.6 Å². The van der Waals surface area contributed by atoms with Crippen LogP contribution < -0.4 is 4.74 Å². The smallest absolute Gasteiger partial charge is 0.308 e. The lowest BCUT2D eigenvalue weighted by Crippen LogP contribution is -2.44. The number of carbonyl (C=O) groups is 2. The summed E-state index contributed by atoms with van der Waals surface area (Å²) in [6.45, 7) is 0.868. The van der Waals surface area contributed by atoms with Gasteiger partial charge in [0.15, 0.2) is 23.2 Å². The van der Waals surface area contributed by atoms with Crippen molar-refractivity contribution in [3.8, 4) is 16.9 Å². The van der Waals surface area contributed by atoms with E-state index < -0.39 is 40.9 Å². The molecule has 3 aromatic rings. The predicted octanol–water partition coefficient (Wildman–Crippen LogP) is 5.54. The molecule has 204 valence electrons. The Hall–Kier alpha value is -3.62. The molecule has 2 heterocycles. The number of carboxylic acid groups (broad SMARTS) is 1. The van der Waals surface area contributed by atoms with Crippen LogP contribution in [0.15, 0.2) is 41.4 Å². The number of carbonyl (C=O) groups excluding carboxylic acids is 1. The molecular weight excluding hydrogens is 536 g/mol. The lowest BCUT2D eigenvalue weighted by atomic mass is 9.81. The second-order valence-corrected chi connectivity index (χ2v) is 9.98. The van der Waals surface area contributed by atoms with Gasteiger partial charge >= 0.3 is 5.97 Å². The fourth-order valence-electron chi connectivity index (χ4n) is 4.68. The van der Waals surface area contributed by atoms with Crippen LogP contribution in [0.1, 0.15) is 29.6 Å². The fourth-order valence-corrected chi connectivity index (χ4v) is 5.28. The number of thioether (sulfide) groups is 1. The second kappa shape index (κ2) is 12.5. The number of methoxy groups -OCH3 is 1. The Balaban J connectivity index is 1.38. The molecule has 1 aliphatic heterocycles. The van der Waals surface area contributed by atoms with Crippen LogP contribution in [0.2, 0.25) is 0 Å². The molecule has 0 unspecified atom stereocenters. The summed E-state index contributed by atoms with van der Waals surface area (Å²) >= 11 is 0.645. The molecule has 0 aliphatic carbocycles. The molecule has 0 amide bonds. The highest BCUT2D eigenvalue weighted by molar-refractivity contribution is 8.04. The third-order valence-corrected chi connectivity index (χ3v) is 7.47. The van der Waals surface area contributed by atoms with E-state index in [1.54, 1.807) is 18.2 Å². The van der Waals surface area contributed by atoms with Crippen LogP contribution in [-0.4, -0.2) is 53.5 Å². The molecular formula is C28H24F4N2O4S. The van der Waals surface area contributed by atoms with Crippen LogP contribution in [-0.2, 0) is 4.79 Å². The van der Waals surface area contributed by atoms with Gasteiger partial charge in [-0.15, -0.1) is 0 Å². The normalized spacial score (nSPS) is 17.5. The summed E-state index contributed by atoms with van der Waals surface area (Å²) in [4.78, 5) is 30.6. The molecule has 0 bridgehead atoms. The van der Waals surface area contributed by atoms with Gasteiger partial charge in [0.1, 0.15) is 11.6 Å². The maximum absolute atomic E-state index is 14.6. The molecule has 1 N–H and O–H groups in total. The Labute approximate surface area is 226 Å². The summed E-state index contributed by atoms with van der Waals surface area (Å²) in [5, 5.41) is 12.7. The largest absolute Gasteiger partial charge is 0.497 e. The van der Waals surface area contributed by atoms with E-state index in [-0.39, 0.29) is 42.3 Å². The Morgan fingerprint density at radius 3 is 2.72 bits per heavy atom. The Morgan fingerprint density at radius 2 is 1.97 bits per heavy atom. The number of halogens is 4. The van der Waals surface area contributed by atoms with Crippen molar-refractivity contribution in [2.24, 2.45) is 11.8 Å². The van der Waals surface area contributed by atoms with E-state index in [2.05, 4.69) is 16.2 Å². The topological polar surface area (TPSA) is 79.7 Å². The number of benzene rings is 2. The Bertz CT molecular complexity index is 1470. The minimum atomic E-state index is -1.30. The quantitative estimate of drug-likeness (QED) is 0.127. The van der Waals surface area contributed by atoms with Crippen molar-refractivity contribution in [3.63, 3.8) is 0 Å². The zero-order valence-corrected chi connectivity index (χ0v) is 21.7. The van der Waals surface area contributed by atoms with Crippen LogP contribution in [0, 0.1) is 46.3 Å². The van der Waals surface area contributed by atoms with Gasteiger partial charge in [0.05, 0.1) is 41.7 Å². The molecule has 1 aliphatic rings. The van der Waals surface area contributed by atoms with Crippen molar-refractivity contribution >= 4 is 34.4 Å². The monoisotopic (exact) mass is 560 g/mol. The van der Waals surface area contributed by atoms with Gasteiger partial charge in [-0.1, -0.05) is 5.92 Å². The molecule has 1 saturated heterocycles. The maximum Gasteiger partial charge on any atom is 0.308 e. The summed E-state index contributed by atoms with van der Waals surface area (Å²) < 4.78 is 60.2. The SMILES string of the molecule is COc1ccc2ncc(F)c(C(=O)CC[C@@H]3CCN(CC#CSc4cc(F)cc(F)c4F)C[C@@H]3C(=O)O)c2c1. The number of rotatable bonds is 8. The number of carboxylic acids is 1. The molecule has 1 aromatic heterocycles. The number of likely N-dealkylation sites (tertiary alicyclic amines) is 1. The minimum Gasteiger partial charge on any atom is -0.497 e. The van der Waals surface area contributed by atoms with Crippen molar-refractivity contribution in [3.05, 3.63) is 65.4 Å². The number of fused-ring (bicyclic) bond motifs is 1. The first-order chi connectivity index (χ1) is 18.7. The molecule has 11 heteroatoms. The minimum absolute atomic E-state index is 0.0338. The van der Waals surface area contributed by atoms with Crippen LogP contribution in [0.3, 0.4) is 0 Å². The molecule has 4 rings (SSSR count). The van der Waals surface area contributed by atoms with Crippen LogP contribution in [0.5, 0.6) is 5.75 Å². The van der Waals surface area contributed by atoms with E-state index in [0.717, 1.165) is 12.3 Å². The molecule has 39 heavy (non-hydrogen) atoms. The number of ether oxygens (including phenoxy) is 1. The van der Waals surface area contributed by atoms with Gasteiger partial charge in [0.25, 0.3) is 0 Å². The summed E-state index contributed by atoms with van der Waals surface area (Å²) in [5.74, 6) is -3.45. The average Bonchev–Trinajstić information content (AvgIpc) is 2.91. The number of ketones is 1. The molecule has 0 saturated carbocycles. The van der Waals surface area contributed by atoms with Gasteiger partial charge in [-0.2, -0.15) is 0 Å². The molecule has 0 spiro atoms. The maximum atomic E-state index is 14.6. The Morgan fingerprint density at radius 1 is 1.18 bits per heavy atom. The van der Waals surface area contributed by atoms with Crippen LogP contribution in [0.4, 0.5) is 17.6 Å². The third kappa shape index (κ3) is 6.69. The summed E-state index contributed by atoms with van der Waals surface area (Å²) in [6, 6.07) is 6.14. The number of pyridine rings is 1. The first-order valence-corrected chi connectivity index (χ1v) is 12.9. The van der Waals surface area contributed by atoms with Crippen molar-refractivity contribution in [1.29, 1.82) is 0 Å². The number of aromatic nitrogens is 1. The number of aliphatic carboxylic acids is 1. The van der Waals surface area contributed by atoms with Gasteiger partial charge in [-0.3, -0.25) is 19.5 Å². The third-order valence-electron chi connectivity index (χ3n) is 6.70. The van der Waals surface area contributed by atoms with E-state index in [4.69, 9.17) is 4.74 Å². The highest BCUT2D eigenvalue weighted by atomic mass is 32.2. The fraction of sp³-hybridized carbons (Fsp3) is 0.321.